The highest BCUT2D eigenvalue weighted by Gasteiger charge is 2.27. The Morgan fingerprint density at radius 1 is 1.56 bits per heavy atom. The van der Waals surface area contributed by atoms with Crippen molar-refractivity contribution < 1.29 is 4.79 Å². The second kappa shape index (κ2) is 5.93. The minimum atomic E-state index is -0.0504. The molecule has 0 saturated carbocycles. The Morgan fingerprint density at radius 3 is 2.94 bits per heavy atom. The number of aromatic nitrogens is 1. The molecule has 2 rings (SSSR count). The van der Waals surface area contributed by atoms with Gasteiger partial charge in [-0.1, -0.05) is 0 Å². The Balaban J connectivity index is 1.96. The fourth-order valence-electron chi connectivity index (χ4n) is 2.18. The van der Waals surface area contributed by atoms with Crippen LogP contribution in [0.4, 0.5) is 0 Å². The summed E-state index contributed by atoms with van der Waals surface area (Å²) in [5.74, 6) is 0.168. The third kappa shape index (κ3) is 3.05. The van der Waals surface area contributed by atoms with Gasteiger partial charge in [0.1, 0.15) is 6.04 Å². The Morgan fingerprint density at radius 2 is 2.28 bits per heavy atom. The van der Waals surface area contributed by atoms with E-state index in [-0.39, 0.29) is 11.9 Å². The van der Waals surface area contributed by atoms with Crippen molar-refractivity contribution in [2.45, 2.75) is 12.6 Å². The summed E-state index contributed by atoms with van der Waals surface area (Å²) in [6, 6.07) is 3.82. The predicted molar refractivity (Wildman–Crippen MR) is 70.0 cm³/mol. The normalized spacial score (nSPS) is 20.7. The second-order valence-electron chi connectivity index (χ2n) is 4.75. The predicted octanol–water partition coefficient (Wildman–Crippen LogP) is -0.0564. The number of piperazine rings is 1. The molecule has 1 unspecified atom stereocenters. The number of rotatable bonds is 3. The van der Waals surface area contributed by atoms with Crippen LogP contribution in [-0.2, 0) is 11.3 Å². The van der Waals surface area contributed by atoms with Gasteiger partial charge in [-0.2, -0.15) is 0 Å². The van der Waals surface area contributed by atoms with Gasteiger partial charge < -0.3 is 10.2 Å². The van der Waals surface area contributed by atoms with Crippen LogP contribution in [0, 0.1) is 0 Å². The molecule has 18 heavy (non-hydrogen) atoms. The zero-order valence-corrected chi connectivity index (χ0v) is 11.0. The fourth-order valence-corrected chi connectivity index (χ4v) is 2.18. The van der Waals surface area contributed by atoms with E-state index in [1.54, 1.807) is 17.3 Å². The first-order valence-electron chi connectivity index (χ1n) is 6.23. The zero-order chi connectivity index (χ0) is 13.0. The van der Waals surface area contributed by atoms with E-state index in [0.29, 0.717) is 6.54 Å². The van der Waals surface area contributed by atoms with Crippen molar-refractivity contribution in [3.05, 3.63) is 30.1 Å². The summed E-state index contributed by atoms with van der Waals surface area (Å²) in [6.07, 6.45) is 3.50. The van der Waals surface area contributed by atoms with Gasteiger partial charge in [-0.25, -0.2) is 0 Å². The minimum Gasteiger partial charge on any atom is -0.340 e. The number of likely N-dealkylation sites (N-methyl/N-ethyl adjacent to an activating group) is 2. The van der Waals surface area contributed by atoms with E-state index < -0.39 is 0 Å². The standard InChI is InChI=1S/C13H20N4O/c1-16-8-7-15-9-12(16)13(18)17(2)10-11-3-5-14-6-4-11/h3-6,12,15H,7-10H2,1-2H3. The van der Waals surface area contributed by atoms with Crippen LogP contribution >= 0.6 is 0 Å². The van der Waals surface area contributed by atoms with E-state index in [0.717, 1.165) is 25.2 Å². The van der Waals surface area contributed by atoms with Crippen LogP contribution in [0.2, 0.25) is 0 Å². The van der Waals surface area contributed by atoms with Gasteiger partial charge in [-0.15, -0.1) is 0 Å². The van der Waals surface area contributed by atoms with Crippen molar-refractivity contribution in [1.29, 1.82) is 0 Å². The highest BCUT2D eigenvalue weighted by molar-refractivity contribution is 5.82. The van der Waals surface area contributed by atoms with Gasteiger partial charge in [-0.3, -0.25) is 14.7 Å². The Labute approximate surface area is 108 Å². The molecule has 1 fully saturated rings. The third-order valence-electron chi connectivity index (χ3n) is 3.34. The topological polar surface area (TPSA) is 48.5 Å². The molecule has 0 bridgehead atoms. The number of hydrogen-bond donors (Lipinski definition) is 1. The lowest BCUT2D eigenvalue weighted by molar-refractivity contribution is -0.136. The zero-order valence-electron chi connectivity index (χ0n) is 11.0. The first-order valence-corrected chi connectivity index (χ1v) is 6.23. The maximum Gasteiger partial charge on any atom is 0.241 e. The lowest BCUT2D eigenvalue weighted by Gasteiger charge is -2.34. The lowest BCUT2D eigenvalue weighted by Crippen LogP contribution is -2.56. The molecule has 5 nitrogen and oxygen atoms in total. The van der Waals surface area contributed by atoms with E-state index >= 15 is 0 Å². The van der Waals surface area contributed by atoms with Gasteiger partial charge in [0, 0.05) is 45.6 Å². The largest absolute Gasteiger partial charge is 0.340 e. The van der Waals surface area contributed by atoms with E-state index in [4.69, 9.17) is 0 Å². The summed E-state index contributed by atoms with van der Waals surface area (Å²) < 4.78 is 0. The molecule has 1 aliphatic heterocycles. The van der Waals surface area contributed by atoms with Crippen LogP contribution in [0.15, 0.2) is 24.5 Å². The first kappa shape index (κ1) is 13.0. The molecule has 98 valence electrons. The molecular weight excluding hydrogens is 228 g/mol. The van der Waals surface area contributed by atoms with Crippen molar-refractivity contribution >= 4 is 5.91 Å². The maximum atomic E-state index is 12.3. The average Bonchev–Trinajstić information content (AvgIpc) is 2.39. The minimum absolute atomic E-state index is 0.0504. The summed E-state index contributed by atoms with van der Waals surface area (Å²) >= 11 is 0. The highest BCUT2D eigenvalue weighted by atomic mass is 16.2. The Bertz CT molecular complexity index is 395. The fraction of sp³-hybridized carbons (Fsp3) is 0.538. The van der Waals surface area contributed by atoms with Gasteiger partial charge in [0.25, 0.3) is 0 Å². The molecule has 5 heteroatoms. The van der Waals surface area contributed by atoms with Gasteiger partial charge in [0.15, 0.2) is 0 Å². The molecule has 1 aromatic rings. The monoisotopic (exact) mass is 248 g/mol. The van der Waals surface area contributed by atoms with Gasteiger partial charge in [0.2, 0.25) is 5.91 Å². The SMILES string of the molecule is CN(Cc1ccncc1)C(=O)C1CNCCN1C. The van der Waals surface area contributed by atoms with Crippen molar-refractivity contribution in [2.75, 3.05) is 33.7 Å². The van der Waals surface area contributed by atoms with Crippen LogP contribution in [0.5, 0.6) is 0 Å². The highest BCUT2D eigenvalue weighted by Crippen LogP contribution is 2.07. The van der Waals surface area contributed by atoms with Crippen molar-refractivity contribution in [1.82, 2.24) is 20.1 Å². The number of nitrogens with one attached hydrogen (secondary N) is 1. The van der Waals surface area contributed by atoms with Crippen LogP contribution in [0.25, 0.3) is 0 Å². The quantitative estimate of drug-likeness (QED) is 0.814. The van der Waals surface area contributed by atoms with Gasteiger partial charge in [-0.05, 0) is 24.7 Å². The average molecular weight is 248 g/mol. The maximum absolute atomic E-state index is 12.3. The summed E-state index contributed by atoms with van der Waals surface area (Å²) in [5, 5.41) is 3.27. The van der Waals surface area contributed by atoms with Gasteiger partial charge in [0.05, 0.1) is 0 Å². The molecule has 0 radical (unpaired) electrons. The number of carbonyl (C=O) groups is 1. The molecule has 1 amide bonds. The number of hydrogen-bond acceptors (Lipinski definition) is 4. The molecule has 1 saturated heterocycles. The number of nitrogens with zero attached hydrogens (tertiary/aromatic N) is 3. The van der Waals surface area contributed by atoms with Crippen molar-refractivity contribution in [3.8, 4) is 0 Å². The van der Waals surface area contributed by atoms with Crippen LogP contribution in [0.3, 0.4) is 0 Å². The third-order valence-corrected chi connectivity index (χ3v) is 3.34. The summed E-state index contributed by atoms with van der Waals surface area (Å²) in [5.41, 5.74) is 1.10. The molecule has 2 heterocycles. The molecule has 0 aromatic carbocycles. The van der Waals surface area contributed by atoms with E-state index in [2.05, 4.69) is 15.2 Å². The molecular formula is C13H20N4O. The van der Waals surface area contributed by atoms with Crippen LogP contribution < -0.4 is 5.32 Å². The lowest BCUT2D eigenvalue weighted by atomic mass is 10.1. The van der Waals surface area contributed by atoms with Crippen molar-refractivity contribution in [3.63, 3.8) is 0 Å². The van der Waals surface area contributed by atoms with Crippen molar-refractivity contribution in [2.24, 2.45) is 0 Å². The Hall–Kier alpha value is -1.46. The number of pyridine rings is 1. The summed E-state index contributed by atoms with van der Waals surface area (Å²) in [6.45, 7) is 3.23. The molecule has 0 aliphatic carbocycles. The second-order valence-corrected chi connectivity index (χ2v) is 4.75. The molecule has 1 aliphatic rings. The van der Waals surface area contributed by atoms with Gasteiger partial charge >= 0.3 is 0 Å². The molecule has 1 aromatic heterocycles. The van der Waals surface area contributed by atoms with E-state index in [9.17, 15) is 4.79 Å². The molecule has 0 spiro atoms. The smallest absolute Gasteiger partial charge is 0.241 e. The van der Waals surface area contributed by atoms with Crippen LogP contribution in [-0.4, -0.2) is 60.5 Å². The van der Waals surface area contributed by atoms with Crippen LogP contribution in [0.1, 0.15) is 5.56 Å². The van der Waals surface area contributed by atoms with E-state index in [1.165, 1.54) is 0 Å². The molecule has 1 N–H and O–H groups in total. The molecule has 1 atom stereocenters. The van der Waals surface area contributed by atoms with E-state index in [1.807, 2.05) is 26.2 Å². The summed E-state index contributed by atoms with van der Waals surface area (Å²) in [4.78, 5) is 20.2. The first-order chi connectivity index (χ1) is 8.68. The summed E-state index contributed by atoms with van der Waals surface area (Å²) in [7, 11) is 3.86. The Kier molecular flexibility index (Phi) is 4.28. The number of carbonyl (C=O) groups excluding carboxylic acids is 1. The number of amides is 1.